The second kappa shape index (κ2) is 8.02. The first kappa shape index (κ1) is 18.8. The number of carbonyl (C=O) groups is 3. The fraction of sp³-hybridized carbons (Fsp3) is 0.167. The first-order chi connectivity index (χ1) is 12.3. The van der Waals surface area contributed by atoms with Crippen LogP contribution in [0.4, 0.5) is 11.4 Å². The summed E-state index contributed by atoms with van der Waals surface area (Å²) in [6, 6.07) is 8.91. The highest BCUT2D eigenvalue weighted by molar-refractivity contribution is 6.08. The molecule has 2 aromatic carbocycles. The molecule has 0 spiro atoms. The number of ether oxygens (including phenoxy) is 2. The summed E-state index contributed by atoms with van der Waals surface area (Å²) in [6.07, 6.45) is 0. The van der Waals surface area contributed by atoms with E-state index in [-0.39, 0.29) is 34.2 Å². The van der Waals surface area contributed by atoms with Gasteiger partial charge in [-0.15, -0.1) is 0 Å². The van der Waals surface area contributed by atoms with Crippen molar-refractivity contribution in [2.75, 3.05) is 24.9 Å². The fourth-order valence-electron chi connectivity index (χ4n) is 2.30. The van der Waals surface area contributed by atoms with E-state index < -0.39 is 11.9 Å². The van der Waals surface area contributed by atoms with Crippen molar-refractivity contribution in [3.8, 4) is 11.5 Å². The predicted molar refractivity (Wildman–Crippen MR) is 95.2 cm³/mol. The van der Waals surface area contributed by atoms with Gasteiger partial charge in [0.2, 0.25) is 5.91 Å². The van der Waals surface area contributed by atoms with Gasteiger partial charge >= 0.3 is 5.97 Å². The van der Waals surface area contributed by atoms with Crippen LogP contribution in [-0.4, -0.2) is 37.1 Å². The van der Waals surface area contributed by atoms with Crippen molar-refractivity contribution in [1.29, 1.82) is 0 Å². The number of benzene rings is 2. The summed E-state index contributed by atoms with van der Waals surface area (Å²) in [5.41, 5.74) is 0.623. The summed E-state index contributed by atoms with van der Waals surface area (Å²) in [6.45, 7) is 1.36. The Bertz CT molecular complexity index is 863. The van der Waals surface area contributed by atoms with Gasteiger partial charge < -0.3 is 25.2 Å². The minimum atomic E-state index is -1.23. The molecule has 136 valence electrons. The highest BCUT2D eigenvalue weighted by atomic mass is 16.5. The molecule has 0 fully saturated rings. The van der Waals surface area contributed by atoms with Crippen LogP contribution < -0.4 is 20.1 Å². The molecule has 8 heteroatoms. The van der Waals surface area contributed by atoms with E-state index >= 15 is 0 Å². The highest BCUT2D eigenvalue weighted by Crippen LogP contribution is 2.33. The zero-order valence-electron chi connectivity index (χ0n) is 14.5. The van der Waals surface area contributed by atoms with Crippen LogP contribution >= 0.6 is 0 Å². The molecule has 0 aliphatic carbocycles. The summed E-state index contributed by atoms with van der Waals surface area (Å²) in [7, 11) is 2.79. The topological polar surface area (TPSA) is 114 Å². The first-order valence-corrected chi connectivity index (χ1v) is 7.54. The first-order valence-electron chi connectivity index (χ1n) is 7.54. The Morgan fingerprint density at radius 1 is 0.962 bits per heavy atom. The molecule has 2 amide bonds. The quantitative estimate of drug-likeness (QED) is 0.731. The number of aromatic carboxylic acids is 1. The molecule has 2 rings (SSSR count). The highest BCUT2D eigenvalue weighted by Gasteiger charge is 2.18. The minimum Gasteiger partial charge on any atom is -0.493 e. The maximum atomic E-state index is 12.5. The third kappa shape index (κ3) is 4.29. The summed E-state index contributed by atoms with van der Waals surface area (Å²) in [4.78, 5) is 35.1. The molecule has 2 aromatic rings. The van der Waals surface area contributed by atoms with E-state index in [1.54, 1.807) is 18.2 Å². The molecule has 0 aliphatic heterocycles. The largest absolute Gasteiger partial charge is 0.493 e. The van der Waals surface area contributed by atoms with Gasteiger partial charge in [-0.1, -0.05) is 6.07 Å². The molecule has 0 saturated carbocycles. The molecular weight excluding hydrogens is 340 g/mol. The zero-order chi connectivity index (χ0) is 19.3. The van der Waals surface area contributed by atoms with Crippen LogP contribution in [0.1, 0.15) is 27.6 Å². The molecule has 26 heavy (non-hydrogen) atoms. The third-order valence-electron chi connectivity index (χ3n) is 3.45. The average molecular weight is 358 g/mol. The summed E-state index contributed by atoms with van der Waals surface area (Å²) >= 11 is 0. The number of carboxylic acids is 1. The molecule has 0 unspecified atom stereocenters. The van der Waals surface area contributed by atoms with E-state index in [2.05, 4.69) is 10.6 Å². The standard InChI is InChI=1S/C18H18N2O6/c1-10(21)19-12-6-4-5-11(7-12)17(22)20-14-9-16(26-3)15(25-2)8-13(14)18(23)24/h4-9H,1-3H3,(H,19,21)(H,20,22)(H,23,24). The van der Waals surface area contributed by atoms with Crippen molar-refractivity contribution in [3.63, 3.8) is 0 Å². The number of carbonyl (C=O) groups excluding carboxylic acids is 2. The lowest BCUT2D eigenvalue weighted by atomic mass is 10.1. The molecule has 8 nitrogen and oxygen atoms in total. The van der Waals surface area contributed by atoms with E-state index in [0.717, 1.165) is 0 Å². The number of carboxylic acid groups (broad SMARTS) is 1. The molecule has 3 N–H and O–H groups in total. The summed E-state index contributed by atoms with van der Waals surface area (Å²) in [5, 5.41) is 14.5. The summed E-state index contributed by atoms with van der Waals surface area (Å²) in [5.74, 6) is -1.52. The Morgan fingerprint density at radius 3 is 2.19 bits per heavy atom. The number of methoxy groups -OCH3 is 2. The van der Waals surface area contributed by atoms with Gasteiger partial charge in [-0.05, 0) is 18.2 Å². The van der Waals surface area contributed by atoms with Crippen LogP contribution in [0.3, 0.4) is 0 Å². The van der Waals surface area contributed by atoms with E-state index in [9.17, 15) is 19.5 Å². The summed E-state index contributed by atoms with van der Waals surface area (Å²) < 4.78 is 10.2. The molecule has 0 saturated heterocycles. The number of hydrogen-bond acceptors (Lipinski definition) is 5. The van der Waals surface area contributed by atoms with Crippen molar-refractivity contribution in [2.45, 2.75) is 6.92 Å². The van der Waals surface area contributed by atoms with Crippen molar-refractivity contribution < 1.29 is 29.0 Å². The number of amides is 2. The lowest BCUT2D eigenvalue weighted by Gasteiger charge is -2.14. The Morgan fingerprint density at radius 2 is 1.62 bits per heavy atom. The lowest BCUT2D eigenvalue weighted by molar-refractivity contribution is -0.114. The molecule has 0 heterocycles. The number of hydrogen-bond donors (Lipinski definition) is 3. The number of nitrogens with one attached hydrogen (secondary N) is 2. The van der Waals surface area contributed by atoms with Gasteiger partial charge in [0.15, 0.2) is 11.5 Å². The Hall–Kier alpha value is -3.55. The van der Waals surface area contributed by atoms with Gasteiger partial charge in [-0.25, -0.2) is 4.79 Å². The molecular formula is C18H18N2O6. The van der Waals surface area contributed by atoms with Gasteiger partial charge in [-0.2, -0.15) is 0 Å². The Kier molecular flexibility index (Phi) is 5.79. The van der Waals surface area contributed by atoms with Crippen LogP contribution in [0, 0.1) is 0 Å². The van der Waals surface area contributed by atoms with Crippen LogP contribution in [0.15, 0.2) is 36.4 Å². The van der Waals surface area contributed by atoms with Gasteiger partial charge in [-0.3, -0.25) is 9.59 Å². The molecule has 0 bridgehead atoms. The van der Waals surface area contributed by atoms with Crippen molar-refractivity contribution >= 4 is 29.2 Å². The smallest absolute Gasteiger partial charge is 0.337 e. The second-order valence-corrected chi connectivity index (χ2v) is 5.27. The molecule has 0 atom stereocenters. The number of anilines is 2. The predicted octanol–water partition coefficient (Wildman–Crippen LogP) is 2.61. The van der Waals surface area contributed by atoms with Gasteiger partial charge in [0.25, 0.3) is 5.91 Å². The van der Waals surface area contributed by atoms with Gasteiger partial charge in [0.05, 0.1) is 25.5 Å². The van der Waals surface area contributed by atoms with Crippen LogP contribution in [-0.2, 0) is 4.79 Å². The van der Waals surface area contributed by atoms with Crippen molar-refractivity contribution in [3.05, 3.63) is 47.5 Å². The maximum absolute atomic E-state index is 12.5. The van der Waals surface area contributed by atoms with Crippen LogP contribution in [0.2, 0.25) is 0 Å². The fourth-order valence-corrected chi connectivity index (χ4v) is 2.30. The van der Waals surface area contributed by atoms with Gasteiger partial charge in [0.1, 0.15) is 0 Å². The zero-order valence-corrected chi connectivity index (χ0v) is 14.5. The minimum absolute atomic E-state index is 0.0603. The van der Waals surface area contributed by atoms with E-state index in [4.69, 9.17) is 9.47 Å². The normalized spacial score (nSPS) is 9.96. The Balaban J connectivity index is 2.36. The van der Waals surface area contributed by atoms with E-state index in [1.165, 1.54) is 39.3 Å². The lowest BCUT2D eigenvalue weighted by Crippen LogP contribution is -2.16. The maximum Gasteiger partial charge on any atom is 0.337 e. The van der Waals surface area contributed by atoms with E-state index in [1.807, 2.05) is 0 Å². The van der Waals surface area contributed by atoms with Crippen LogP contribution in [0.5, 0.6) is 11.5 Å². The molecule has 0 radical (unpaired) electrons. The van der Waals surface area contributed by atoms with E-state index in [0.29, 0.717) is 5.69 Å². The van der Waals surface area contributed by atoms with Crippen LogP contribution in [0.25, 0.3) is 0 Å². The van der Waals surface area contributed by atoms with Gasteiger partial charge in [0, 0.05) is 30.3 Å². The SMILES string of the molecule is COc1cc(NC(=O)c2cccc(NC(C)=O)c2)c(C(=O)O)cc1OC. The second-order valence-electron chi connectivity index (χ2n) is 5.27. The number of rotatable bonds is 6. The molecule has 0 aromatic heterocycles. The third-order valence-corrected chi connectivity index (χ3v) is 3.45. The average Bonchev–Trinajstić information content (AvgIpc) is 2.60. The molecule has 0 aliphatic rings. The Labute approximate surface area is 149 Å². The van der Waals surface area contributed by atoms with Crippen molar-refractivity contribution in [2.24, 2.45) is 0 Å². The van der Waals surface area contributed by atoms with Crippen molar-refractivity contribution in [1.82, 2.24) is 0 Å². The monoisotopic (exact) mass is 358 g/mol.